The highest BCUT2D eigenvalue weighted by Crippen LogP contribution is 2.32. The number of benzene rings is 2. The van der Waals surface area contributed by atoms with Crippen molar-refractivity contribution in [2.24, 2.45) is 5.92 Å². The van der Waals surface area contributed by atoms with E-state index in [4.69, 9.17) is 9.47 Å². The summed E-state index contributed by atoms with van der Waals surface area (Å²) in [7, 11) is 1.55. The molecule has 2 aromatic carbocycles. The van der Waals surface area contributed by atoms with Gasteiger partial charge in [0.05, 0.1) is 19.4 Å². The molecule has 1 atom stereocenters. The van der Waals surface area contributed by atoms with Crippen LogP contribution in [0.5, 0.6) is 5.75 Å². The summed E-state index contributed by atoms with van der Waals surface area (Å²) in [5.74, 6) is -0.715. The van der Waals surface area contributed by atoms with Crippen molar-refractivity contribution in [2.45, 2.75) is 26.8 Å². The SMILES string of the molecule is CCOC(=O)CN1C(=O)C(C(C)C)N(C(=O)c2ccccc2)C=C1c1cccc(OC)c1. The molecule has 32 heavy (non-hydrogen) atoms. The van der Waals surface area contributed by atoms with Gasteiger partial charge in [-0.3, -0.25) is 19.3 Å². The van der Waals surface area contributed by atoms with E-state index in [2.05, 4.69) is 0 Å². The lowest BCUT2D eigenvalue weighted by molar-refractivity contribution is -0.148. The molecule has 1 aliphatic rings. The molecule has 0 saturated carbocycles. The normalized spacial score (nSPS) is 16.1. The minimum absolute atomic E-state index is 0.178. The van der Waals surface area contributed by atoms with Gasteiger partial charge in [0.1, 0.15) is 18.3 Å². The van der Waals surface area contributed by atoms with E-state index in [1.165, 1.54) is 9.80 Å². The average Bonchev–Trinajstić information content (AvgIpc) is 2.80. The average molecular weight is 437 g/mol. The molecule has 0 N–H and O–H groups in total. The Morgan fingerprint density at radius 1 is 1.06 bits per heavy atom. The molecule has 0 spiro atoms. The minimum Gasteiger partial charge on any atom is -0.497 e. The summed E-state index contributed by atoms with van der Waals surface area (Å²) in [5.41, 5.74) is 1.56. The predicted octanol–water partition coefficient (Wildman–Crippen LogP) is 3.57. The van der Waals surface area contributed by atoms with Gasteiger partial charge < -0.3 is 14.4 Å². The number of hydrogen-bond donors (Lipinski definition) is 0. The van der Waals surface area contributed by atoms with Crippen LogP contribution in [-0.4, -0.2) is 53.9 Å². The van der Waals surface area contributed by atoms with E-state index in [0.29, 0.717) is 22.6 Å². The van der Waals surface area contributed by atoms with Crippen LogP contribution in [0.15, 0.2) is 60.8 Å². The maximum Gasteiger partial charge on any atom is 0.326 e. The summed E-state index contributed by atoms with van der Waals surface area (Å²) in [5, 5.41) is 0. The summed E-state index contributed by atoms with van der Waals surface area (Å²) in [6, 6.07) is 15.2. The van der Waals surface area contributed by atoms with Gasteiger partial charge in [-0.05, 0) is 37.1 Å². The van der Waals surface area contributed by atoms with Gasteiger partial charge in [-0.15, -0.1) is 0 Å². The van der Waals surface area contributed by atoms with Gasteiger partial charge in [0, 0.05) is 17.3 Å². The topological polar surface area (TPSA) is 76.2 Å². The molecule has 168 valence electrons. The van der Waals surface area contributed by atoms with E-state index in [9.17, 15) is 14.4 Å². The number of nitrogens with zero attached hydrogens (tertiary/aromatic N) is 2. The molecule has 0 radical (unpaired) electrons. The van der Waals surface area contributed by atoms with Crippen molar-refractivity contribution in [2.75, 3.05) is 20.3 Å². The Kier molecular flexibility index (Phi) is 7.30. The summed E-state index contributed by atoms with van der Waals surface area (Å²) < 4.78 is 10.4. The number of ether oxygens (including phenoxy) is 2. The van der Waals surface area contributed by atoms with Gasteiger partial charge in [-0.1, -0.05) is 44.2 Å². The first-order valence-electron chi connectivity index (χ1n) is 10.6. The third-order valence-electron chi connectivity index (χ3n) is 5.22. The molecule has 7 nitrogen and oxygen atoms in total. The third kappa shape index (κ3) is 4.82. The van der Waals surface area contributed by atoms with Crippen molar-refractivity contribution >= 4 is 23.5 Å². The van der Waals surface area contributed by atoms with Crippen molar-refractivity contribution in [3.8, 4) is 5.75 Å². The number of rotatable bonds is 7. The molecule has 3 rings (SSSR count). The maximum atomic E-state index is 13.6. The Labute approximate surface area is 188 Å². The largest absolute Gasteiger partial charge is 0.497 e. The molecule has 7 heteroatoms. The van der Waals surface area contributed by atoms with Gasteiger partial charge in [0.25, 0.3) is 11.8 Å². The minimum atomic E-state index is -0.758. The smallest absolute Gasteiger partial charge is 0.326 e. The molecular formula is C25H28N2O5. The zero-order valence-corrected chi connectivity index (χ0v) is 18.8. The number of esters is 1. The highest BCUT2D eigenvalue weighted by molar-refractivity contribution is 6.03. The Morgan fingerprint density at radius 2 is 1.78 bits per heavy atom. The summed E-state index contributed by atoms with van der Waals surface area (Å²) >= 11 is 0. The second kappa shape index (κ2) is 10.1. The van der Waals surface area contributed by atoms with E-state index in [1.54, 1.807) is 68.8 Å². The fraction of sp³-hybridized carbons (Fsp3) is 0.320. The van der Waals surface area contributed by atoms with Gasteiger partial charge in [0.2, 0.25) is 0 Å². The molecule has 0 saturated heterocycles. The molecule has 1 unspecified atom stereocenters. The molecule has 2 amide bonds. The summed E-state index contributed by atoms with van der Waals surface area (Å²) in [4.78, 5) is 42.2. The van der Waals surface area contributed by atoms with Crippen LogP contribution >= 0.6 is 0 Å². The lowest BCUT2D eigenvalue weighted by Gasteiger charge is -2.41. The lowest BCUT2D eigenvalue weighted by atomic mass is 9.96. The van der Waals surface area contributed by atoms with Gasteiger partial charge in [-0.25, -0.2) is 0 Å². The molecule has 0 aliphatic carbocycles. The fourth-order valence-corrected chi connectivity index (χ4v) is 3.71. The third-order valence-corrected chi connectivity index (χ3v) is 5.22. The van der Waals surface area contributed by atoms with Crippen LogP contribution in [0.1, 0.15) is 36.7 Å². The molecule has 0 fully saturated rings. The zero-order valence-electron chi connectivity index (χ0n) is 18.8. The van der Waals surface area contributed by atoms with Crippen molar-refractivity contribution in [3.63, 3.8) is 0 Å². The van der Waals surface area contributed by atoms with E-state index < -0.39 is 12.0 Å². The number of carbonyl (C=O) groups excluding carboxylic acids is 3. The van der Waals surface area contributed by atoms with Crippen LogP contribution < -0.4 is 4.74 Å². The molecular weight excluding hydrogens is 408 g/mol. The first kappa shape index (κ1) is 23.1. The van der Waals surface area contributed by atoms with Crippen molar-refractivity contribution in [1.29, 1.82) is 0 Å². The number of hydrogen-bond acceptors (Lipinski definition) is 5. The zero-order chi connectivity index (χ0) is 23.3. The van der Waals surface area contributed by atoms with E-state index in [-0.39, 0.29) is 30.9 Å². The number of amides is 2. The molecule has 1 heterocycles. The van der Waals surface area contributed by atoms with Gasteiger partial charge in [0.15, 0.2) is 0 Å². The monoisotopic (exact) mass is 436 g/mol. The Balaban J connectivity index is 2.14. The van der Waals surface area contributed by atoms with Crippen molar-refractivity contribution < 1.29 is 23.9 Å². The Hall–Kier alpha value is -3.61. The Bertz CT molecular complexity index is 1020. The van der Waals surface area contributed by atoms with Crippen LogP contribution in [0, 0.1) is 5.92 Å². The van der Waals surface area contributed by atoms with E-state index in [1.807, 2.05) is 19.9 Å². The first-order valence-corrected chi connectivity index (χ1v) is 10.6. The molecule has 0 aromatic heterocycles. The van der Waals surface area contributed by atoms with Crippen molar-refractivity contribution in [1.82, 2.24) is 9.80 Å². The van der Waals surface area contributed by atoms with Crippen LogP contribution in [-0.2, 0) is 14.3 Å². The van der Waals surface area contributed by atoms with Crippen LogP contribution in [0.2, 0.25) is 0 Å². The van der Waals surface area contributed by atoms with Gasteiger partial charge >= 0.3 is 5.97 Å². The second-order valence-corrected chi connectivity index (χ2v) is 7.74. The summed E-state index contributed by atoms with van der Waals surface area (Å²) in [6.45, 7) is 5.44. The van der Waals surface area contributed by atoms with E-state index in [0.717, 1.165) is 0 Å². The standard InChI is InChI=1S/C25H28N2O5/c1-5-32-22(28)16-26-21(19-12-9-13-20(14-19)31-4)15-27(23(17(2)3)25(26)30)24(29)18-10-7-6-8-11-18/h6-15,17,23H,5,16H2,1-4H3. The lowest BCUT2D eigenvalue weighted by Crippen LogP contribution is -2.55. The fourth-order valence-electron chi connectivity index (χ4n) is 3.71. The quantitative estimate of drug-likeness (QED) is 0.621. The molecule has 1 aliphatic heterocycles. The first-order chi connectivity index (χ1) is 15.4. The van der Waals surface area contributed by atoms with Crippen molar-refractivity contribution in [3.05, 3.63) is 71.9 Å². The number of methoxy groups -OCH3 is 1. The molecule has 2 aromatic rings. The van der Waals surface area contributed by atoms with Crippen LogP contribution in [0.25, 0.3) is 5.70 Å². The Morgan fingerprint density at radius 3 is 2.41 bits per heavy atom. The highest BCUT2D eigenvalue weighted by Gasteiger charge is 2.41. The van der Waals surface area contributed by atoms with E-state index >= 15 is 0 Å². The molecule has 0 bridgehead atoms. The van der Waals surface area contributed by atoms with Gasteiger partial charge in [-0.2, -0.15) is 0 Å². The predicted molar refractivity (Wildman–Crippen MR) is 121 cm³/mol. The number of carbonyl (C=O) groups is 3. The second-order valence-electron chi connectivity index (χ2n) is 7.74. The maximum absolute atomic E-state index is 13.6. The highest BCUT2D eigenvalue weighted by atomic mass is 16.5. The van der Waals surface area contributed by atoms with Crippen LogP contribution in [0.3, 0.4) is 0 Å². The summed E-state index contributed by atoms with van der Waals surface area (Å²) in [6.07, 6.45) is 1.65. The van der Waals surface area contributed by atoms with Crippen LogP contribution in [0.4, 0.5) is 0 Å².